The summed E-state index contributed by atoms with van der Waals surface area (Å²) in [5.74, 6) is 1.09. The van der Waals surface area contributed by atoms with Crippen LogP contribution in [-0.4, -0.2) is 23.9 Å². The minimum absolute atomic E-state index is 0. The number of aliphatic hydroxyl groups excluding tert-OH is 1. The van der Waals surface area contributed by atoms with Gasteiger partial charge in [-0.25, -0.2) is 0 Å². The molecule has 0 aliphatic rings. The van der Waals surface area contributed by atoms with E-state index in [0.717, 1.165) is 55.4 Å². The van der Waals surface area contributed by atoms with Gasteiger partial charge in [0, 0.05) is 60.0 Å². The normalized spacial score (nSPS) is 12.3. The molecule has 0 aliphatic heterocycles. The Bertz CT molecular complexity index is 1800. The number of carbonyl (C=O) groups excluding carboxylic acids is 1. The smallest absolute Gasteiger partial charge is 0.162 e. The third-order valence-electron chi connectivity index (χ3n) is 9.37. The molecule has 0 saturated carbocycles. The minimum Gasteiger partial charge on any atom is -0.512 e. The molecule has 2 aromatic carbocycles. The maximum Gasteiger partial charge on any atom is 0.162 e. The second-order valence-corrected chi connectivity index (χ2v) is 19.4. The fourth-order valence-corrected chi connectivity index (χ4v) is 8.52. The van der Waals surface area contributed by atoms with Gasteiger partial charge >= 0.3 is 0 Å². The molecule has 255 valence electrons. The van der Waals surface area contributed by atoms with Crippen molar-refractivity contribution in [2.45, 2.75) is 106 Å². The van der Waals surface area contributed by atoms with Crippen LogP contribution in [0.4, 0.5) is 0 Å². The van der Waals surface area contributed by atoms with Crippen LogP contribution in [0.15, 0.2) is 64.9 Å². The molecule has 0 spiro atoms. The number of furan rings is 1. The molecule has 7 heteroatoms. The Morgan fingerprint density at radius 2 is 1.55 bits per heavy atom. The Morgan fingerprint density at radius 3 is 2.15 bits per heavy atom. The molecule has 0 fully saturated rings. The number of nitrogens with zero attached hydrogens (tertiary/aromatic N) is 1. The predicted molar refractivity (Wildman–Crippen MR) is 201 cm³/mol. The Morgan fingerprint density at radius 1 is 0.915 bits per heavy atom. The fourth-order valence-electron chi connectivity index (χ4n) is 6.27. The summed E-state index contributed by atoms with van der Waals surface area (Å²) in [7, 11) is -1.49. The second-order valence-electron chi connectivity index (χ2n) is 13.4. The van der Waals surface area contributed by atoms with E-state index in [1.807, 2.05) is 33.9 Å². The number of hydrogen-bond acceptors (Lipinski definition) is 5. The van der Waals surface area contributed by atoms with Crippen molar-refractivity contribution < 1.29 is 34.4 Å². The average molecular weight is 847 g/mol. The first-order chi connectivity index (χ1) is 22.0. The zero-order chi connectivity index (χ0) is 33.6. The van der Waals surface area contributed by atoms with Crippen LogP contribution < -0.4 is 5.38 Å². The van der Waals surface area contributed by atoms with Crippen molar-refractivity contribution in [1.29, 1.82) is 0 Å². The third-order valence-corrected chi connectivity index (χ3v) is 12.2. The van der Waals surface area contributed by atoms with E-state index < -0.39 is 8.07 Å². The number of aromatic nitrogens is 1. The molecule has 0 atom stereocenters. The van der Waals surface area contributed by atoms with Gasteiger partial charge in [0.2, 0.25) is 0 Å². The van der Waals surface area contributed by atoms with Crippen LogP contribution >= 0.6 is 11.3 Å². The molecule has 3 aromatic heterocycles. The molecule has 0 amide bonds. The van der Waals surface area contributed by atoms with Gasteiger partial charge in [-0.2, -0.15) is 0 Å². The first-order valence-electron chi connectivity index (χ1n) is 17.2. The number of carbonyl (C=O) groups is 1. The van der Waals surface area contributed by atoms with Gasteiger partial charge in [0.15, 0.2) is 11.4 Å². The van der Waals surface area contributed by atoms with Crippen molar-refractivity contribution in [3.8, 4) is 11.3 Å². The third kappa shape index (κ3) is 8.72. The van der Waals surface area contributed by atoms with Crippen LogP contribution in [0.5, 0.6) is 0 Å². The first-order valence-corrected chi connectivity index (χ1v) is 21.5. The van der Waals surface area contributed by atoms with E-state index in [9.17, 15) is 9.90 Å². The van der Waals surface area contributed by atoms with Gasteiger partial charge in [-0.1, -0.05) is 103 Å². The van der Waals surface area contributed by atoms with Gasteiger partial charge < -0.3 is 9.52 Å². The number of fused-ring (bicyclic) bond motifs is 4. The quantitative estimate of drug-likeness (QED) is 0.0588. The van der Waals surface area contributed by atoms with Gasteiger partial charge in [0.05, 0.1) is 15.8 Å². The van der Waals surface area contributed by atoms with Gasteiger partial charge in [0.25, 0.3) is 0 Å². The summed E-state index contributed by atoms with van der Waals surface area (Å²) in [6, 6.07) is 19.0. The maximum atomic E-state index is 11.7. The summed E-state index contributed by atoms with van der Waals surface area (Å²) in [4.78, 5) is 16.5. The SMILES string of the molecule is CCC(CC)C(=O)/C=C(\O)C(CC)CC.CCC(CC)c1cc(-c2nccc3c2sc2cc([Si](C)(C)C)oc23)[c-]c2ccccc12.[Ir]. The van der Waals surface area contributed by atoms with E-state index >= 15 is 0 Å². The first kappa shape index (κ1) is 38.9. The zero-order valence-electron chi connectivity index (χ0n) is 29.6. The number of thiophene rings is 1. The molecule has 3 heterocycles. The number of hydrogen-bond donors (Lipinski definition) is 1. The number of allylic oxidation sites excluding steroid dienone is 2. The molecule has 47 heavy (non-hydrogen) atoms. The number of aliphatic hydroxyl groups is 1. The van der Waals surface area contributed by atoms with Crippen molar-refractivity contribution in [3.05, 3.63) is 72.1 Å². The van der Waals surface area contributed by atoms with Crippen molar-refractivity contribution in [2.24, 2.45) is 11.8 Å². The van der Waals surface area contributed by atoms with E-state index in [1.165, 1.54) is 42.6 Å². The monoisotopic (exact) mass is 847 g/mol. The summed E-state index contributed by atoms with van der Waals surface area (Å²) in [5.41, 5.74) is 4.53. The van der Waals surface area contributed by atoms with E-state index in [1.54, 1.807) is 11.3 Å². The van der Waals surface area contributed by atoms with Crippen LogP contribution in [-0.2, 0) is 24.9 Å². The number of rotatable bonds is 12. The van der Waals surface area contributed by atoms with Crippen molar-refractivity contribution in [3.63, 3.8) is 0 Å². The van der Waals surface area contributed by atoms with E-state index in [-0.39, 0.29) is 43.5 Å². The summed E-state index contributed by atoms with van der Waals surface area (Å²) in [6.45, 7) is 19.6. The fraction of sp³-hybridized carbons (Fsp3) is 0.450. The van der Waals surface area contributed by atoms with Crippen LogP contribution in [0.25, 0.3) is 42.4 Å². The number of ketones is 1. The van der Waals surface area contributed by atoms with Gasteiger partial charge in [-0.15, -0.1) is 40.5 Å². The van der Waals surface area contributed by atoms with Gasteiger partial charge in [-0.05, 0) is 43.7 Å². The Balaban J connectivity index is 0.000000322. The topological polar surface area (TPSA) is 63.3 Å². The standard InChI is InChI=1S/C27H28NOSSi.C13H24O2.Ir/c1-6-17(7-2)22-15-19(14-18-10-8-9-11-20(18)22)25-27-21(12-13-28-25)26-23(30-27)16-24(29-26)31(3,4)5;1-5-10(6-2)12(14)9-13(15)11(7-3)8-4;/h8-13,15-17H,6-7H2,1-5H3;9-11,14H,5-8H2,1-4H3;/q-1;;/b;12-9-;. The molecule has 5 aromatic rings. The molecule has 4 nitrogen and oxygen atoms in total. The van der Waals surface area contributed by atoms with Crippen molar-refractivity contribution >= 4 is 61.7 Å². The van der Waals surface area contributed by atoms with Crippen molar-refractivity contribution in [1.82, 2.24) is 4.98 Å². The summed E-state index contributed by atoms with van der Waals surface area (Å²) < 4.78 is 8.80. The van der Waals surface area contributed by atoms with Gasteiger partial charge in [0.1, 0.15) is 8.07 Å². The molecule has 0 saturated heterocycles. The summed E-state index contributed by atoms with van der Waals surface area (Å²) in [6.07, 6.45) is 9.09. The maximum absolute atomic E-state index is 11.7. The molecule has 1 radical (unpaired) electrons. The number of pyridine rings is 1. The van der Waals surface area contributed by atoms with E-state index in [0.29, 0.717) is 5.92 Å². The summed E-state index contributed by atoms with van der Waals surface area (Å²) >= 11 is 1.80. The van der Waals surface area contributed by atoms with E-state index in [4.69, 9.17) is 9.40 Å². The van der Waals surface area contributed by atoms with Crippen LogP contribution in [0.3, 0.4) is 0 Å². The van der Waals surface area contributed by atoms with Crippen LogP contribution in [0.1, 0.15) is 91.5 Å². The predicted octanol–water partition coefficient (Wildman–Crippen LogP) is 12.0. The zero-order valence-corrected chi connectivity index (χ0v) is 33.8. The molecular formula is C40H52IrNO3SSi-. The molecule has 1 N–H and O–H groups in total. The molecular weight excluding hydrogens is 795 g/mol. The van der Waals surface area contributed by atoms with E-state index in [2.05, 4.69) is 82.0 Å². The molecule has 0 bridgehead atoms. The largest absolute Gasteiger partial charge is 0.512 e. The Kier molecular flexibility index (Phi) is 14.2. The van der Waals surface area contributed by atoms with Gasteiger partial charge in [-0.3, -0.25) is 9.78 Å². The molecule has 5 rings (SSSR count). The summed E-state index contributed by atoms with van der Waals surface area (Å²) in [5, 5.41) is 14.6. The Hall–Kier alpha value is -2.57. The second kappa shape index (κ2) is 17.2. The van der Waals surface area contributed by atoms with Crippen LogP contribution in [0.2, 0.25) is 19.6 Å². The number of benzene rings is 2. The Labute approximate surface area is 300 Å². The molecule has 0 unspecified atom stereocenters. The van der Waals surface area contributed by atoms with Crippen LogP contribution in [0, 0.1) is 17.9 Å². The van der Waals surface area contributed by atoms with Crippen molar-refractivity contribution in [2.75, 3.05) is 0 Å². The minimum atomic E-state index is -1.49. The molecule has 0 aliphatic carbocycles. The average Bonchev–Trinajstić information content (AvgIpc) is 3.62.